The Labute approximate surface area is 135 Å². The van der Waals surface area contributed by atoms with E-state index in [9.17, 15) is 9.59 Å². The molecule has 0 N–H and O–H groups in total. The van der Waals surface area contributed by atoms with Crippen LogP contribution in [0.5, 0.6) is 0 Å². The summed E-state index contributed by atoms with van der Waals surface area (Å²) in [6, 6.07) is 0. The predicted octanol–water partition coefficient (Wildman–Crippen LogP) is 2.78. The molecule has 1 fully saturated rings. The van der Waals surface area contributed by atoms with Crippen molar-refractivity contribution in [3.8, 4) is 0 Å². The molecule has 5 nitrogen and oxygen atoms in total. The van der Waals surface area contributed by atoms with Crippen molar-refractivity contribution in [2.75, 3.05) is 0 Å². The lowest BCUT2D eigenvalue weighted by Crippen LogP contribution is -2.19. The zero-order valence-corrected chi connectivity index (χ0v) is 13.3. The van der Waals surface area contributed by atoms with Crippen LogP contribution in [0.2, 0.25) is 0 Å². The zero-order valence-electron chi connectivity index (χ0n) is 13.3. The molecule has 2 aliphatic heterocycles. The molecular weight excluding hydrogens is 296 g/mol. The Bertz CT molecular complexity index is 669. The molecule has 23 heavy (non-hydrogen) atoms. The Balaban J connectivity index is 1.52. The van der Waals surface area contributed by atoms with Crippen LogP contribution in [0.4, 0.5) is 0 Å². The number of carbonyl (C=O) groups excluding carboxylic acids is 2. The van der Waals surface area contributed by atoms with Gasteiger partial charge in [0.25, 0.3) is 6.29 Å². The lowest BCUT2D eigenvalue weighted by Gasteiger charge is -2.24. The van der Waals surface area contributed by atoms with Gasteiger partial charge in [0.2, 0.25) is 0 Å². The molecule has 0 spiro atoms. The minimum absolute atomic E-state index is 0.0511. The molecule has 0 radical (unpaired) electrons. The van der Waals surface area contributed by atoms with Crippen LogP contribution in [-0.2, 0) is 23.8 Å². The van der Waals surface area contributed by atoms with E-state index >= 15 is 0 Å². The quantitative estimate of drug-likeness (QED) is 0.339. The maximum absolute atomic E-state index is 12.2. The molecule has 5 heteroatoms. The van der Waals surface area contributed by atoms with Crippen LogP contribution in [-0.4, -0.2) is 24.3 Å². The second-order valence-electron chi connectivity index (χ2n) is 6.82. The molecule has 2 heterocycles. The second-order valence-corrected chi connectivity index (χ2v) is 6.82. The average Bonchev–Trinajstić information content (AvgIpc) is 3.10. The number of rotatable bonds is 2. The van der Waals surface area contributed by atoms with E-state index in [2.05, 4.69) is 6.92 Å². The number of carbonyl (C=O) groups is 2. The summed E-state index contributed by atoms with van der Waals surface area (Å²) in [4.78, 5) is 23.5. The fourth-order valence-corrected chi connectivity index (χ4v) is 4.16. The maximum atomic E-state index is 12.2. The fourth-order valence-electron chi connectivity index (χ4n) is 4.16. The van der Waals surface area contributed by atoms with Crippen LogP contribution in [0.1, 0.15) is 39.5 Å². The highest BCUT2D eigenvalue weighted by atomic mass is 16.7. The number of fused-ring (bicyclic) bond motifs is 2. The molecule has 0 aromatic heterocycles. The van der Waals surface area contributed by atoms with E-state index in [-0.39, 0.29) is 24.0 Å². The normalized spacial score (nSPS) is 37.5. The standard InChI is InChI=1S/C18H20O5/c1-9-4-3-5-11-7-12-13(18(20)23-16(12)15(9)11)8-21-14-6-10(2)17(19)22-14/h6,8-9,12,14,16H,3-5,7H2,1-2H3/b13-8+/t9?,12-,14-,16+/m1/s1. The lowest BCUT2D eigenvalue weighted by atomic mass is 9.84. The first-order valence-corrected chi connectivity index (χ1v) is 8.22. The smallest absolute Gasteiger partial charge is 0.338 e. The summed E-state index contributed by atoms with van der Waals surface area (Å²) >= 11 is 0. The van der Waals surface area contributed by atoms with Gasteiger partial charge in [0.1, 0.15) is 6.10 Å². The molecule has 0 amide bonds. The predicted molar refractivity (Wildman–Crippen MR) is 80.8 cm³/mol. The molecule has 1 saturated heterocycles. The lowest BCUT2D eigenvalue weighted by molar-refractivity contribution is -0.152. The van der Waals surface area contributed by atoms with Crippen molar-refractivity contribution in [3.05, 3.63) is 34.6 Å². The second kappa shape index (κ2) is 5.25. The first kappa shape index (κ1) is 14.5. The SMILES string of the molecule is CC1=C[C@H](O/C=C2/C(=O)O[C@@H]3C4=C(CCCC4C)C[C@H]23)OC1=O. The molecular formula is C18H20O5. The molecule has 0 bridgehead atoms. The number of hydrogen-bond acceptors (Lipinski definition) is 5. The number of allylic oxidation sites excluding steroid dienone is 1. The summed E-state index contributed by atoms with van der Waals surface area (Å²) in [6.07, 6.45) is 6.55. The molecule has 0 saturated carbocycles. The largest absolute Gasteiger partial charge is 0.458 e. The Morgan fingerprint density at radius 3 is 2.83 bits per heavy atom. The number of esters is 2. The molecule has 2 aliphatic carbocycles. The molecule has 0 aromatic rings. The average molecular weight is 316 g/mol. The molecule has 122 valence electrons. The van der Waals surface area contributed by atoms with Gasteiger partial charge in [-0.3, -0.25) is 0 Å². The summed E-state index contributed by atoms with van der Waals surface area (Å²) in [7, 11) is 0. The summed E-state index contributed by atoms with van der Waals surface area (Å²) in [6.45, 7) is 3.89. The van der Waals surface area contributed by atoms with Gasteiger partial charge in [-0.25, -0.2) is 9.59 Å². The van der Waals surface area contributed by atoms with Gasteiger partial charge in [0.15, 0.2) is 0 Å². The topological polar surface area (TPSA) is 61.8 Å². The van der Waals surface area contributed by atoms with E-state index in [0.717, 1.165) is 19.3 Å². The summed E-state index contributed by atoms with van der Waals surface area (Å²) in [5, 5.41) is 0. The van der Waals surface area contributed by atoms with Crippen LogP contribution < -0.4 is 0 Å². The summed E-state index contributed by atoms with van der Waals surface area (Å²) in [5.41, 5.74) is 3.87. The van der Waals surface area contributed by atoms with E-state index in [1.165, 1.54) is 23.8 Å². The highest BCUT2D eigenvalue weighted by Crippen LogP contribution is 2.50. The van der Waals surface area contributed by atoms with E-state index in [1.807, 2.05) is 0 Å². The highest BCUT2D eigenvalue weighted by molar-refractivity contribution is 5.92. The third kappa shape index (κ3) is 2.30. The van der Waals surface area contributed by atoms with Gasteiger partial charge in [-0.05, 0) is 44.1 Å². The van der Waals surface area contributed by atoms with E-state index in [0.29, 0.717) is 17.1 Å². The van der Waals surface area contributed by atoms with Gasteiger partial charge in [-0.15, -0.1) is 0 Å². The fraction of sp³-hybridized carbons (Fsp3) is 0.556. The molecule has 1 unspecified atom stereocenters. The van der Waals surface area contributed by atoms with Crippen LogP contribution in [0.3, 0.4) is 0 Å². The van der Waals surface area contributed by atoms with Gasteiger partial charge in [-0.2, -0.15) is 0 Å². The van der Waals surface area contributed by atoms with Gasteiger partial charge < -0.3 is 14.2 Å². The van der Waals surface area contributed by atoms with Crippen molar-refractivity contribution in [2.45, 2.75) is 51.9 Å². The third-order valence-electron chi connectivity index (χ3n) is 5.32. The van der Waals surface area contributed by atoms with E-state index < -0.39 is 6.29 Å². The van der Waals surface area contributed by atoms with Crippen molar-refractivity contribution in [1.29, 1.82) is 0 Å². The Hall–Kier alpha value is -2.04. The molecule has 0 aromatic carbocycles. The molecule has 4 aliphatic rings. The van der Waals surface area contributed by atoms with Crippen LogP contribution in [0, 0.1) is 11.8 Å². The van der Waals surface area contributed by atoms with Crippen molar-refractivity contribution in [1.82, 2.24) is 0 Å². The van der Waals surface area contributed by atoms with Crippen LogP contribution >= 0.6 is 0 Å². The highest BCUT2D eigenvalue weighted by Gasteiger charge is 2.49. The maximum Gasteiger partial charge on any atom is 0.338 e. The molecule has 4 atom stereocenters. The summed E-state index contributed by atoms with van der Waals surface area (Å²) < 4.78 is 16.1. The van der Waals surface area contributed by atoms with Crippen LogP contribution in [0.25, 0.3) is 0 Å². The Morgan fingerprint density at radius 1 is 1.26 bits per heavy atom. The van der Waals surface area contributed by atoms with Gasteiger partial charge >= 0.3 is 11.9 Å². The van der Waals surface area contributed by atoms with Gasteiger partial charge in [0, 0.05) is 17.6 Å². The van der Waals surface area contributed by atoms with Crippen molar-refractivity contribution in [2.24, 2.45) is 11.8 Å². The van der Waals surface area contributed by atoms with E-state index in [4.69, 9.17) is 14.2 Å². The zero-order chi connectivity index (χ0) is 16.1. The van der Waals surface area contributed by atoms with Crippen LogP contribution in [0.15, 0.2) is 34.6 Å². The molecule has 4 rings (SSSR count). The third-order valence-corrected chi connectivity index (χ3v) is 5.32. The Morgan fingerprint density at radius 2 is 2.09 bits per heavy atom. The monoisotopic (exact) mass is 316 g/mol. The van der Waals surface area contributed by atoms with Gasteiger partial charge in [-0.1, -0.05) is 12.5 Å². The van der Waals surface area contributed by atoms with E-state index in [1.54, 1.807) is 13.0 Å². The Kier molecular flexibility index (Phi) is 3.32. The first-order valence-electron chi connectivity index (χ1n) is 8.22. The number of ether oxygens (including phenoxy) is 3. The minimum atomic E-state index is -0.746. The van der Waals surface area contributed by atoms with Crippen molar-refractivity contribution >= 4 is 11.9 Å². The first-order chi connectivity index (χ1) is 11.0. The van der Waals surface area contributed by atoms with Crippen molar-refractivity contribution < 1.29 is 23.8 Å². The summed E-state index contributed by atoms with van der Waals surface area (Å²) in [5.74, 6) is -0.153. The number of hydrogen-bond donors (Lipinski definition) is 0. The minimum Gasteiger partial charge on any atom is -0.458 e. The van der Waals surface area contributed by atoms with Gasteiger partial charge in [0.05, 0.1) is 11.8 Å². The van der Waals surface area contributed by atoms with Crippen molar-refractivity contribution in [3.63, 3.8) is 0 Å². The number of cyclic esters (lactones) is 1.